The number of nitrogens with zero attached hydrogens (tertiary/aromatic N) is 1. The van der Waals surface area contributed by atoms with Gasteiger partial charge in [-0.05, 0) is 95.3 Å². The van der Waals surface area contributed by atoms with E-state index in [0.29, 0.717) is 5.92 Å². The molecular formula is C43H29NO2. The fraction of sp³-hybridized carbons (Fsp3) is 0.0698. The van der Waals surface area contributed by atoms with E-state index in [1.165, 1.54) is 44.1 Å². The van der Waals surface area contributed by atoms with Gasteiger partial charge in [-0.25, -0.2) is 0 Å². The lowest BCUT2D eigenvalue weighted by Gasteiger charge is -2.20. The first-order valence-corrected chi connectivity index (χ1v) is 16.0. The van der Waals surface area contributed by atoms with E-state index in [9.17, 15) is 0 Å². The van der Waals surface area contributed by atoms with Crippen molar-refractivity contribution in [2.45, 2.75) is 13.3 Å². The molecule has 10 rings (SSSR count). The van der Waals surface area contributed by atoms with Crippen molar-refractivity contribution in [3.05, 3.63) is 151 Å². The first-order chi connectivity index (χ1) is 22.7. The minimum Gasteiger partial charge on any atom is -0.456 e. The van der Waals surface area contributed by atoms with Gasteiger partial charge in [-0.2, -0.15) is 0 Å². The van der Waals surface area contributed by atoms with Crippen molar-refractivity contribution in [1.29, 1.82) is 0 Å². The van der Waals surface area contributed by atoms with Crippen LogP contribution in [0.25, 0.3) is 82.5 Å². The zero-order valence-electron chi connectivity index (χ0n) is 25.3. The molecular weight excluding hydrogens is 562 g/mol. The average molecular weight is 592 g/mol. The normalized spacial score (nSPS) is 15.5. The Balaban J connectivity index is 1.11. The van der Waals surface area contributed by atoms with E-state index in [4.69, 9.17) is 8.83 Å². The molecule has 0 aliphatic heterocycles. The Labute approximate surface area is 265 Å². The first-order valence-electron chi connectivity index (χ1n) is 16.0. The molecule has 1 aliphatic carbocycles. The highest BCUT2D eigenvalue weighted by Gasteiger charge is 2.19. The molecule has 1 atom stereocenters. The predicted octanol–water partition coefficient (Wildman–Crippen LogP) is 12.1. The first kappa shape index (κ1) is 25.5. The van der Waals surface area contributed by atoms with Crippen molar-refractivity contribution < 1.29 is 8.83 Å². The van der Waals surface area contributed by atoms with Crippen LogP contribution in [0.15, 0.2) is 148 Å². The molecule has 3 heterocycles. The zero-order valence-corrected chi connectivity index (χ0v) is 25.3. The monoisotopic (exact) mass is 591 g/mol. The summed E-state index contributed by atoms with van der Waals surface area (Å²) in [5, 5.41) is 7.13. The predicted molar refractivity (Wildman–Crippen MR) is 192 cm³/mol. The maximum absolute atomic E-state index is 6.14. The molecule has 0 radical (unpaired) electrons. The highest BCUT2D eigenvalue weighted by atomic mass is 16.3. The molecule has 3 aromatic heterocycles. The van der Waals surface area contributed by atoms with Crippen LogP contribution in [0.2, 0.25) is 0 Å². The van der Waals surface area contributed by atoms with Crippen LogP contribution in [0.1, 0.15) is 24.5 Å². The molecule has 0 spiro atoms. The molecule has 3 heteroatoms. The number of hydrogen-bond acceptors (Lipinski definition) is 2. The molecule has 0 fully saturated rings. The van der Waals surface area contributed by atoms with Crippen molar-refractivity contribution in [3.63, 3.8) is 0 Å². The summed E-state index contributed by atoms with van der Waals surface area (Å²) in [5.74, 6) is 0.431. The van der Waals surface area contributed by atoms with Gasteiger partial charge in [0.2, 0.25) is 0 Å². The molecule has 218 valence electrons. The number of aromatic nitrogens is 1. The Hall–Kier alpha value is -5.80. The molecule has 9 aromatic rings. The summed E-state index contributed by atoms with van der Waals surface area (Å²) in [6.45, 7) is 2.32. The second kappa shape index (κ2) is 9.60. The number of para-hydroxylation sites is 3. The number of allylic oxidation sites excluding steroid dienone is 4. The van der Waals surface area contributed by atoms with Crippen LogP contribution < -0.4 is 0 Å². The van der Waals surface area contributed by atoms with E-state index < -0.39 is 0 Å². The van der Waals surface area contributed by atoms with Crippen molar-refractivity contribution in [1.82, 2.24) is 4.57 Å². The molecule has 3 nitrogen and oxygen atoms in total. The second-order valence-corrected chi connectivity index (χ2v) is 12.6. The second-order valence-electron chi connectivity index (χ2n) is 12.6. The minimum absolute atomic E-state index is 0.431. The lowest BCUT2D eigenvalue weighted by atomic mass is 9.85. The Bertz CT molecular complexity index is 2750. The van der Waals surface area contributed by atoms with Crippen LogP contribution in [0.4, 0.5) is 0 Å². The van der Waals surface area contributed by atoms with Gasteiger partial charge in [-0.1, -0.05) is 85.8 Å². The van der Waals surface area contributed by atoms with Gasteiger partial charge in [-0.3, -0.25) is 0 Å². The number of benzene rings is 6. The van der Waals surface area contributed by atoms with Crippen molar-refractivity contribution in [2.24, 2.45) is 5.92 Å². The van der Waals surface area contributed by atoms with Crippen LogP contribution in [-0.2, 0) is 0 Å². The molecule has 46 heavy (non-hydrogen) atoms. The third kappa shape index (κ3) is 3.78. The summed E-state index contributed by atoms with van der Waals surface area (Å²) in [6.07, 6.45) is 5.81. The molecule has 1 unspecified atom stereocenters. The molecule has 0 N–H and O–H groups in total. The van der Waals surface area contributed by atoms with Crippen LogP contribution >= 0.6 is 0 Å². The van der Waals surface area contributed by atoms with Crippen molar-refractivity contribution in [3.8, 4) is 5.69 Å². The number of rotatable bonds is 3. The van der Waals surface area contributed by atoms with Gasteiger partial charge in [0.25, 0.3) is 0 Å². The molecule has 0 amide bonds. The van der Waals surface area contributed by atoms with E-state index in [1.54, 1.807) is 0 Å². The van der Waals surface area contributed by atoms with E-state index in [0.717, 1.165) is 56.0 Å². The Morgan fingerprint density at radius 2 is 1.11 bits per heavy atom. The fourth-order valence-corrected chi connectivity index (χ4v) is 7.60. The van der Waals surface area contributed by atoms with Gasteiger partial charge < -0.3 is 13.4 Å². The number of hydrogen-bond donors (Lipinski definition) is 0. The average Bonchev–Trinajstić information content (AvgIpc) is 3.76. The lowest BCUT2D eigenvalue weighted by Crippen LogP contribution is -2.01. The lowest BCUT2D eigenvalue weighted by molar-refractivity contribution is 0.668. The summed E-state index contributed by atoms with van der Waals surface area (Å²) >= 11 is 0. The smallest absolute Gasteiger partial charge is 0.135 e. The van der Waals surface area contributed by atoms with Crippen LogP contribution in [0.5, 0.6) is 0 Å². The van der Waals surface area contributed by atoms with Gasteiger partial charge >= 0.3 is 0 Å². The topological polar surface area (TPSA) is 31.2 Å². The summed E-state index contributed by atoms with van der Waals surface area (Å²) < 4.78 is 14.6. The third-order valence-electron chi connectivity index (χ3n) is 9.71. The summed E-state index contributed by atoms with van der Waals surface area (Å²) in [5.41, 5.74) is 12.4. The highest BCUT2D eigenvalue weighted by Crippen LogP contribution is 2.40. The fourth-order valence-electron chi connectivity index (χ4n) is 7.60. The van der Waals surface area contributed by atoms with Crippen LogP contribution in [-0.4, -0.2) is 4.57 Å². The van der Waals surface area contributed by atoms with Crippen molar-refractivity contribution in [2.75, 3.05) is 0 Å². The quantitative estimate of drug-likeness (QED) is 0.205. The van der Waals surface area contributed by atoms with Crippen LogP contribution in [0, 0.1) is 5.92 Å². The molecule has 1 aliphatic rings. The van der Waals surface area contributed by atoms with Gasteiger partial charge in [0, 0.05) is 38.0 Å². The van der Waals surface area contributed by atoms with E-state index in [-0.39, 0.29) is 0 Å². The molecule has 0 saturated heterocycles. The SMILES string of the molecule is CC1C=C(c2ccc3oc4ccccc4c3c2)C=C(c2ccc3c(c2)c2ccccc2n3-c2ccc3oc4ccccc4c3c2)C1. The maximum Gasteiger partial charge on any atom is 0.135 e. The van der Waals surface area contributed by atoms with E-state index in [2.05, 4.69) is 127 Å². The standard InChI is InChI=1S/C43H29NO2/c1-26-20-29(22-30(21-26)28-15-18-42-36(24-28)33-9-3-6-12-40(33)45-42)27-14-17-39-35(23-27)32-8-2-5-11-38(32)44(39)31-16-19-43-37(25-31)34-10-4-7-13-41(34)46-43/h2-19,21-26H,20H2,1H3. The molecule has 6 aromatic carbocycles. The molecule has 0 saturated carbocycles. The van der Waals surface area contributed by atoms with E-state index >= 15 is 0 Å². The van der Waals surface area contributed by atoms with Crippen molar-refractivity contribution >= 4 is 76.8 Å². The summed E-state index contributed by atoms with van der Waals surface area (Å²) in [4.78, 5) is 0. The molecule has 0 bridgehead atoms. The zero-order chi connectivity index (χ0) is 30.4. The van der Waals surface area contributed by atoms with Gasteiger partial charge in [0.05, 0.1) is 11.0 Å². The minimum atomic E-state index is 0.431. The summed E-state index contributed by atoms with van der Waals surface area (Å²) in [6, 6.07) is 45.5. The largest absolute Gasteiger partial charge is 0.456 e. The third-order valence-corrected chi connectivity index (χ3v) is 9.71. The number of fused-ring (bicyclic) bond motifs is 9. The van der Waals surface area contributed by atoms with Gasteiger partial charge in [-0.15, -0.1) is 0 Å². The van der Waals surface area contributed by atoms with E-state index in [1.807, 2.05) is 24.3 Å². The van der Waals surface area contributed by atoms with Gasteiger partial charge in [0.15, 0.2) is 0 Å². The summed E-state index contributed by atoms with van der Waals surface area (Å²) in [7, 11) is 0. The highest BCUT2D eigenvalue weighted by molar-refractivity contribution is 6.12. The number of furan rings is 2. The maximum atomic E-state index is 6.14. The Morgan fingerprint density at radius 3 is 1.89 bits per heavy atom. The van der Waals surface area contributed by atoms with Gasteiger partial charge in [0.1, 0.15) is 22.3 Å². The van der Waals surface area contributed by atoms with Crippen LogP contribution in [0.3, 0.4) is 0 Å². The Morgan fingerprint density at radius 1 is 0.522 bits per heavy atom. The Kier molecular flexibility index (Phi) is 5.32.